The number of benzene rings is 2. The Labute approximate surface area is 281 Å². The first-order valence-corrected chi connectivity index (χ1v) is 16.8. The summed E-state index contributed by atoms with van der Waals surface area (Å²) in [6.45, 7) is 24.6. The van der Waals surface area contributed by atoms with Crippen molar-refractivity contribution in [2.45, 2.75) is 108 Å². The highest BCUT2D eigenvalue weighted by Gasteiger charge is 2.31. The summed E-state index contributed by atoms with van der Waals surface area (Å²) < 4.78 is 22.2. The molecule has 0 bridgehead atoms. The fourth-order valence-electron chi connectivity index (χ4n) is 5.23. The van der Waals surface area contributed by atoms with Crippen molar-refractivity contribution in [3.05, 3.63) is 71.2 Å². The van der Waals surface area contributed by atoms with Crippen LogP contribution < -0.4 is 21.1 Å². The Hall–Kier alpha value is -4.14. The van der Waals surface area contributed by atoms with Gasteiger partial charge < -0.3 is 15.5 Å². The summed E-state index contributed by atoms with van der Waals surface area (Å²) in [5, 5.41) is 3.15. The molecule has 2 aromatic carbocycles. The van der Waals surface area contributed by atoms with Gasteiger partial charge in [-0.2, -0.15) is 0 Å². The quantitative estimate of drug-likeness (QED) is 0.196. The number of ether oxygens (including phenoxy) is 1. The number of hydrogen-bond acceptors (Lipinski definition) is 7. The van der Waals surface area contributed by atoms with Gasteiger partial charge in [-0.3, -0.25) is 20.3 Å². The fourth-order valence-corrected chi connectivity index (χ4v) is 5.23. The molecule has 0 aromatic heterocycles. The van der Waals surface area contributed by atoms with Gasteiger partial charge in [0.2, 0.25) is 0 Å². The largest absolute Gasteiger partial charge is 0.443 e. The molecule has 0 saturated heterocycles. The molecule has 0 aliphatic carbocycles. The third-order valence-electron chi connectivity index (χ3n) is 8.23. The minimum Gasteiger partial charge on any atom is -0.443 e. The molecule has 0 radical (unpaired) electrons. The molecule has 2 atom stereocenters. The molecule has 2 aliphatic rings. The van der Waals surface area contributed by atoms with Gasteiger partial charge in [-0.25, -0.2) is 9.18 Å². The van der Waals surface area contributed by atoms with Crippen LogP contribution in [0.1, 0.15) is 101 Å². The maximum absolute atomic E-state index is 16.6. The van der Waals surface area contributed by atoms with Crippen LogP contribution in [0.15, 0.2) is 64.2 Å². The van der Waals surface area contributed by atoms with Crippen LogP contribution in [0.3, 0.4) is 0 Å². The molecule has 0 spiro atoms. The number of fused-ring (bicyclic) bond motifs is 1. The van der Waals surface area contributed by atoms with Crippen LogP contribution in [0.5, 0.6) is 0 Å². The number of hydrogen-bond donors (Lipinski definition) is 3. The second-order valence-corrected chi connectivity index (χ2v) is 13.8. The molecule has 2 heterocycles. The van der Waals surface area contributed by atoms with Crippen LogP contribution in [0.4, 0.5) is 26.2 Å². The van der Waals surface area contributed by atoms with E-state index < -0.39 is 11.4 Å². The molecule has 47 heavy (non-hydrogen) atoms. The Morgan fingerprint density at radius 3 is 2.36 bits per heavy atom. The Balaban J connectivity index is 0.00000294. The van der Waals surface area contributed by atoms with Crippen LogP contribution in [-0.4, -0.2) is 35.8 Å². The molecule has 256 valence electrons. The maximum Gasteiger partial charge on any atom is 0.414 e. The van der Waals surface area contributed by atoms with E-state index >= 15 is 4.39 Å². The van der Waals surface area contributed by atoms with Crippen molar-refractivity contribution in [2.24, 2.45) is 21.3 Å². The summed E-state index contributed by atoms with van der Waals surface area (Å²) in [7, 11) is 0. The summed E-state index contributed by atoms with van der Waals surface area (Å²) >= 11 is 0. The van der Waals surface area contributed by atoms with Crippen molar-refractivity contribution >= 4 is 40.4 Å². The number of halogens is 1. The molecule has 2 aliphatic heterocycles. The van der Waals surface area contributed by atoms with E-state index in [0.29, 0.717) is 24.2 Å². The highest BCUT2D eigenvalue weighted by Crippen LogP contribution is 2.38. The lowest BCUT2D eigenvalue weighted by Crippen LogP contribution is -2.35. The lowest BCUT2D eigenvalue weighted by molar-refractivity contribution is 0.0584. The Morgan fingerprint density at radius 1 is 1.11 bits per heavy atom. The van der Waals surface area contributed by atoms with Crippen LogP contribution in [0.2, 0.25) is 0 Å². The summed E-state index contributed by atoms with van der Waals surface area (Å²) in [6.07, 6.45) is 5.03. The first-order chi connectivity index (χ1) is 22.1. The number of carbonyl (C=O) groups excluding carboxylic acids is 1. The average Bonchev–Trinajstić information content (AvgIpc) is 3.45. The Morgan fingerprint density at radius 2 is 1.74 bits per heavy atom. The number of amides is 1. The van der Waals surface area contributed by atoms with E-state index in [1.54, 1.807) is 17.0 Å². The monoisotopic (exact) mass is 646 g/mol. The molecule has 8 nitrogen and oxygen atoms in total. The second-order valence-electron chi connectivity index (χ2n) is 13.8. The summed E-state index contributed by atoms with van der Waals surface area (Å²) in [6, 6.07) is 10.8. The zero-order valence-corrected chi connectivity index (χ0v) is 30.4. The van der Waals surface area contributed by atoms with Crippen molar-refractivity contribution in [3.63, 3.8) is 0 Å². The number of rotatable bonds is 8. The molecule has 2 aromatic rings. The molecule has 0 fully saturated rings. The lowest BCUT2D eigenvalue weighted by atomic mass is 9.86. The zero-order chi connectivity index (χ0) is 35.1. The van der Waals surface area contributed by atoms with Crippen LogP contribution >= 0.6 is 0 Å². The molecule has 0 saturated carbocycles. The normalized spacial score (nSPS) is 17.4. The molecule has 4 rings (SSSR count). The number of amidine groups is 1. The lowest BCUT2D eigenvalue weighted by Gasteiger charge is -2.27. The zero-order valence-electron chi connectivity index (χ0n) is 30.4. The van der Waals surface area contributed by atoms with Gasteiger partial charge in [0.05, 0.1) is 34.6 Å². The number of nitrogens with one attached hydrogen (secondary N) is 3. The molecule has 2 unspecified atom stereocenters. The van der Waals surface area contributed by atoms with Crippen LogP contribution in [0, 0.1) is 17.2 Å². The minimum absolute atomic E-state index is 0.106. The predicted octanol–water partition coefficient (Wildman–Crippen LogP) is 9.76. The van der Waals surface area contributed by atoms with Gasteiger partial charge in [-0.1, -0.05) is 60.6 Å². The number of carbonyl (C=O) groups is 1. The van der Waals surface area contributed by atoms with Gasteiger partial charge in [-0.05, 0) is 94.7 Å². The number of aliphatic imine (C=N–C) groups is 2. The van der Waals surface area contributed by atoms with Crippen molar-refractivity contribution < 1.29 is 13.9 Å². The number of nitrogens with zero attached hydrogens (tertiary/aromatic N) is 3. The van der Waals surface area contributed by atoms with Gasteiger partial charge in [0, 0.05) is 29.6 Å². The first-order valence-electron chi connectivity index (χ1n) is 16.8. The number of hydrazine groups is 1. The molecular weight excluding hydrogens is 591 g/mol. The Bertz CT molecular complexity index is 1540. The molecule has 3 N–H and O–H groups in total. The van der Waals surface area contributed by atoms with E-state index in [0.717, 1.165) is 40.5 Å². The van der Waals surface area contributed by atoms with E-state index in [-0.39, 0.29) is 29.2 Å². The maximum atomic E-state index is 16.6. The SMILES string of the molecule is CC.CCC(C)/C(=C(\N=C(C)C(C)(C)C)c1cccc(NNc2cccc3c2CCN3C(=O)OC(C)(C)C)c1F)C1C=CNC(C)=N1. The van der Waals surface area contributed by atoms with Gasteiger partial charge >= 0.3 is 6.09 Å². The van der Waals surface area contributed by atoms with Gasteiger partial charge in [0.1, 0.15) is 5.60 Å². The smallest absolute Gasteiger partial charge is 0.414 e. The number of anilines is 3. The average molecular weight is 647 g/mol. The van der Waals surface area contributed by atoms with Crippen molar-refractivity contribution in [1.82, 2.24) is 5.32 Å². The standard InChI is InChI=1S/C36H49FN6O2.C2H6/c1-11-22(2)31(28-18-20-38-24(4)40-28)33(39-23(3)35(5,6)7)26-14-12-16-29(32(26)37)42-41-27-15-13-17-30-25(27)19-21-43(30)34(44)45-36(8,9)10;1-2/h12-18,20,22,28,41-42H,11,19,21H2,1-10H3,(H,38,40);1-2H3/b33-31+,39-23?;. The van der Waals surface area contributed by atoms with Gasteiger partial charge in [-0.15, -0.1) is 0 Å². The van der Waals surface area contributed by atoms with Gasteiger partial charge in [0.15, 0.2) is 5.82 Å². The van der Waals surface area contributed by atoms with Crippen LogP contribution in [0.25, 0.3) is 5.70 Å². The topological polar surface area (TPSA) is 90.4 Å². The third kappa shape index (κ3) is 9.24. The second kappa shape index (κ2) is 15.6. The van der Waals surface area contributed by atoms with E-state index in [9.17, 15) is 4.79 Å². The van der Waals surface area contributed by atoms with E-state index in [4.69, 9.17) is 14.7 Å². The minimum atomic E-state index is -0.591. The highest BCUT2D eigenvalue weighted by molar-refractivity contribution is 5.94. The Kier molecular flexibility index (Phi) is 12.4. The molecule has 1 amide bonds. The van der Waals surface area contributed by atoms with Crippen molar-refractivity contribution in [3.8, 4) is 0 Å². The summed E-state index contributed by atoms with van der Waals surface area (Å²) in [5.41, 5.74) is 11.2. The predicted molar refractivity (Wildman–Crippen MR) is 197 cm³/mol. The van der Waals surface area contributed by atoms with Crippen molar-refractivity contribution in [2.75, 3.05) is 22.3 Å². The van der Waals surface area contributed by atoms with E-state index in [2.05, 4.69) is 50.8 Å². The fraction of sp³-hybridized carbons (Fsp3) is 0.500. The molecular formula is C38H55FN6O2. The van der Waals surface area contributed by atoms with Gasteiger partial charge in [0.25, 0.3) is 0 Å². The van der Waals surface area contributed by atoms with Crippen LogP contribution in [-0.2, 0) is 11.2 Å². The van der Waals surface area contributed by atoms with Crippen molar-refractivity contribution in [1.29, 1.82) is 0 Å². The van der Waals surface area contributed by atoms with E-state index in [1.807, 2.05) is 85.0 Å². The van der Waals surface area contributed by atoms with E-state index in [1.165, 1.54) is 0 Å². The summed E-state index contributed by atoms with van der Waals surface area (Å²) in [4.78, 5) is 24.5. The highest BCUT2D eigenvalue weighted by atomic mass is 19.1. The third-order valence-corrected chi connectivity index (χ3v) is 8.23. The first kappa shape index (κ1) is 37.3. The summed E-state index contributed by atoms with van der Waals surface area (Å²) in [5.74, 6) is 0.502. The molecule has 9 heteroatoms.